The summed E-state index contributed by atoms with van der Waals surface area (Å²) in [6, 6.07) is 10.5. The van der Waals surface area contributed by atoms with Crippen molar-refractivity contribution in [3.8, 4) is 11.1 Å². The number of aliphatic hydroxyl groups is 1. The molecule has 1 aromatic carbocycles. The first-order chi connectivity index (χ1) is 14.0. The molecule has 0 radical (unpaired) electrons. The summed E-state index contributed by atoms with van der Waals surface area (Å²) in [5.74, 6) is 1.91. The Morgan fingerprint density at radius 2 is 1.83 bits per heavy atom. The van der Waals surface area contributed by atoms with Gasteiger partial charge in [0.05, 0.1) is 18.0 Å². The predicted molar refractivity (Wildman–Crippen MR) is 121 cm³/mol. The van der Waals surface area contributed by atoms with E-state index in [0.717, 1.165) is 61.1 Å². The molecule has 0 aliphatic carbocycles. The molecule has 1 saturated heterocycles. The van der Waals surface area contributed by atoms with Gasteiger partial charge >= 0.3 is 0 Å². The molecule has 0 unspecified atom stereocenters. The summed E-state index contributed by atoms with van der Waals surface area (Å²) in [6.45, 7) is 6.99. The number of benzene rings is 1. The van der Waals surface area contributed by atoms with Gasteiger partial charge in [0.1, 0.15) is 16.5 Å². The highest BCUT2D eigenvalue weighted by Crippen LogP contribution is 2.38. The third kappa shape index (κ3) is 4.59. The number of piperazine rings is 1. The number of aliphatic hydroxyl groups excluding tert-OH is 1. The molecule has 1 atom stereocenters. The molecule has 1 aliphatic heterocycles. The van der Waals surface area contributed by atoms with Crippen molar-refractivity contribution in [3.63, 3.8) is 0 Å². The minimum atomic E-state index is -0.291. The second kappa shape index (κ2) is 8.75. The van der Waals surface area contributed by atoms with Crippen molar-refractivity contribution >= 4 is 27.4 Å². The Labute approximate surface area is 176 Å². The average Bonchev–Trinajstić information content (AvgIpc) is 3.12. The van der Waals surface area contributed by atoms with Crippen LogP contribution in [0.4, 0.5) is 5.82 Å². The van der Waals surface area contributed by atoms with E-state index in [1.165, 1.54) is 11.1 Å². The zero-order valence-electron chi connectivity index (χ0n) is 17.4. The SMILES string of the molecule is C[C@@H](O)CN1CCN(c2nc(CN(C)C)nc3scc(-c4ccccc4)c23)CC1. The van der Waals surface area contributed by atoms with E-state index in [1.807, 2.05) is 27.1 Å². The minimum absolute atomic E-state index is 0.291. The van der Waals surface area contributed by atoms with E-state index in [2.05, 4.69) is 44.3 Å². The Morgan fingerprint density at radius 1 is 1.10 bits per heavy atom. The maximum absolute atomic E-state index is 9.70. The van der Waals surface area contributed by atoms with Crippen molar-refractivity contribution in [1.29, 1.82) is 0 Å². The smallest absolute Gasteiger partial charge is 0.146 e. The summed E-state index contributed by atoms with van der Waals surface area (Å²) in [6.07, 6.45) is -0.291. The maximum atomic E-state index is 9.70. The average molecular weight is 412 g/mol. The van der Waals surface area contributed by atoms with E-state index in [0.29, 0.717) is 0 Å². The molecule has 0 amide bonds. The van der Waals surface area contributed by atoms with Gasteiger partial charge in [-0.15, -0.1) is 11.3 Å². The van der Waals surface area contributed by atoms with Gasteiger partial charge in [-0.2, -0.15) is 0 Å². The third-order valence-corrected chi connectivity index (χ3v) is 6.07. The van der Waals surface area contributed by atoms with Crippen LogP contribution in [0.5, 0.6) is 0 Å². The highest BCUT2D eigenvalue weighted by Gasteiger charge is 2.24. The van der Waals surface area contributed by atoms with Crippen molar-refractivity contribution < 1.29 is 5.11 Å². The zero-order chi connectivity index (χ0) is 20.4. The molecule has 0 spiro atoms. The Bertz CT molecular complexity index is 948. The molecule has 4 rings (SSSR count). The standard InChI is InChI=1S/C22H29N5OS/c1-16(28)13-26-9-11-27(12-10-26)21-20-18(17-7-5-4-6-8-17)15-29-22(20)24-19(23-21)14-25(2)3/h4-8,15-16,28H,9-14H2,1-3H3/t16-/m1/s1. The monoisotopic (exact) mass is 411 g/mol. The van der Waals surface area contributed by atoms with Crippen LogP contribution in [0.25, 0.3) is 21.3 Å². The highest BCUT2D eigenvalue weighted by molar-refractivity contribution is 7.17. The van der Waals surface area contributed by atoms with Gasteiger partial charge in [0.2, 0.25) is 0 Å². The molecule has 7 heteroatoms. The first-order valence-electron chi connectivity index (χ1n) is 10.1. The molecular weight excluding hydrogens is 382 g/mol. The van der Waals surface area contributed by atoms with Crippen molar-refractivity contribution in [3.05, 3.63) is 41.5 Å². The second-order valence-corrected chi connectivity index (χ2v) is 8.89. The summed E-state index contributed by atoms with van der Waals surface area (Å²) in [5, 5.41) is 13.1. The van der Waals surface area contributed by atoms with Gasteiger partial charge in [0.15, 0.2) is 0 Å². The van der Waals surface area contributed by atoms with Crippen LogP contribution in [0.1, 0.15) is 12.7 Å². The molecule has 6 nitrogen and oxygen atoms in total. The topological polar surface area (TPSA) is 55.7 Å². The van der Waals surface area contributed by atoms with Gasteiger partial charge in [-0.05, 0) is 26.6 Å². The van der Waals surface area contributed by atoms with Gasteiger partial charge in [-0.3, -0.25) is 4.90 Å². The van der Waals surface area contributed by atoms with E-state index < -0.39 is 0 Å². The normalized spacial score (nSPS) is 16.7. The molecular formula is C22H29N5OS. The summed E-state index contributed by atoms with van der Waals surface area (Å²) < 4.78 is 0. The number of hydrogen-bond donors (Lipinski definition) is 1. The molecule has 0 saturated carbocycles. The van der Waals surface area contributed by atoms with E-state index in [1.54, 1.807) is 11.3 Å². The van der Waals surface area contributed by atoms with E-state index in [4.69, 9.17) is 9.97 Å². The van der Waals surface area contributed by atoms with E-state index in [9.17, 15) is 5.11 Å². The lowest BCUT2D eigenvalue weighted by Gasteiger charge is -2.36. The zero-order valence-corrected chi connectivity index (χ0v) is 18.2. The van der Waals surface area contributed by atoms with E-state index >= 15 is 0 Å². The maximum Gasteiger partial charge on any atom is 0.146 e. The molecule has 2 aromatic heterocycles. The first kappa shape index (κ1) is 20.2. The van der Waals surface area contributed by atoms with Gasteiger partial charge in [0.25, 0.3) is 0 Å². The van der Waals surface area contributed by atoms with Crippen molar-refractivity contribution in [2.45, 2.75) is 19.6 Å². The van der Waals surface area contributed by atoms with Crippen molar-refractivity contribution in [2.24, 2.45) is 0 Å². The number of anilines is 1. The van der Waals surface area contributed by atoms with Crippen molar-refractivity contribution in [2.75, 3.05) is 51.7 Å². The van der Waals surface area contributed by atoms with Crippen LogP contribution in [-0.4, -0.2) is 77.8 Å². The quantitative estimate of drug-likeness (QED) is 0.673. The fraction of sp³-hybridized carbons (Fsp3) is 0.455. The molecule has 0 bridgehead atoms. The van der Waals surface area contributed by atoms with E-state index in [-0.39, 0.29) is 6.10 Å². The lowest BCUT2D eigenvalue weighted by atomic mass is 10.1. The number of rotatable bonds is 6. The first-order valence-corrected chi connectivity index (χ1v) is 11.0. The van der Waals surface area contributed by atoms with Gasteiger partial charge in [-0.1, -0.05) is 30.3 Å². The fourth-order valence-electron chi connectivity index (χ4n) is 3.89. The van der Waals surface area contributed by atoms with Crippen LogP contribution >= 0.6 is 11.3 Å². The number of hydrogen-bond acceptors (Lipinski definition) is 7. The van der Waals surface area contributed by atoms with Crippen molar-refractivity contribution in [1.82, 2.24) is 19.8 Å². The number of thiophene rings is 1. The molecule has 3 heterocycles. The lowest BCUT2D eigenvalue weighted by Crippen LogP contribution is -2.48. The molecule has 154 valence electrons. The van der Waals surface area contributed by atoms with Crippen LogP contribution in [0, 0.1) is 0 Å². The van der Waals surface area contributed by atoms with Crippen LogP contribution in [-0.2, 0) is 6.54 Å². The molecule has 1 N–H and O–H groups in total. The van der Waals surface area contributed by atoms with Crippen LogP contribution in [0.2, 0.25) is 0 Å². The number of aromatic nitrogens is 2. The third-order valence-electron chi connectivity index (χ3n) is 5.20. The molecule has 3 aromatic rings. The van der Waals surface area contributed by atoms with Crippen LogP contribution in [0.15, 0.2) is 35.7 Å². The fourth-order valence-corrected chi connectivity index (χ4v) is 4.86. The Morgan fingerprint density at radius 3 is 2.48 bits per heavy atom. The number of nitrogens with zero attached hydrogens (tertiary/aromatic N) is 5. The van der Waals surface area contributed by atoms with Crippen LogP contribution in [0.3, 0.4) is 0 Å². The molecule has 29 heavy (non-hydrogen) atoms. The van der Waals surface area contributed by atoms with Gasteiger partial charge in [0, 0.05) is 43.7 Å². The largest absolute Gasteiger partial charge is 0.392 e. The molecule has 1 fully saturated rings. The second-order valence-electron chi connectivity index (χ2n) is 8.03. The number of fused-ring (bicyclic) bond motifs is 1. The van der Waals surface area contributed by atoms with Gasteiger partial charge < -0.3 is 14.9 Å². The summed E-state index contributed by atoms with van der Waals surface area (Å²) in [4.78, 5) is 17.8. The number of β-amino-alcohol motifs (C(OH)–C–C–N with tert-alkyl or cyclic N) is 1. The lowest BCUT2D eigenvalue weighted by molar-refractivity contribution is 0.122. The molecule has 1 aliphatic rings. The summed E-state index contributed by atoms with van der Waals surface area (Å²) >= 11 is 1.70. The summed E-state index contributed by atoms with van der Waals surface area (Å²) in [7, 11) is 4.09. The Hall–Kier alpha value is -2.06. The van der Waals surface area contributed by atoms with Gasteiger partial charge in [-0.25, -0.2) is 9.97 Å². The Kier molecular flexibility index (Phi) is 6.10. The predicted octanol–water partition coefficient (Wildman–Crippen LogP) is 2.92. The highest BCUT2D eigenvalue weighted by atomic mass is 32.1. The summed E-state index contributed by atoms with van der Waals surface area (Å²) in [5.41, 5.74) is 2.42. The minimum Gasteiger partial charge on any atom is -0.392 e. The van der Waals surface area contributed by atoms with Crippen LogP contribution < -0.4 is 4.90 Å². The Balaban J connectivity index is 1.73.